The largest absolute Gasteiger partial charge is 0.390 e. The van der Waals surface area contributed by atoms with Gasteiger partial charge in [-0.2, -0.15) is 10.5 Å². The molecule has 0 saturated carbocycles. The molecule has 2 aromatic heterocycles. The molecule has 0 unspecified atom stereocenters. The van der Waals surface area contributed by atoms with E-state index in [1.54, 1.807) is 22.7 Å². The lowest BCUT2D eigenvalue weighted by Gasteiger charge is -2.35. The lowest BCUT2D eigenvalue weighted by molar-refractivity contribution is -0.240. The first kappa shape index (κ1) is 39.8. The SMILES string of the molecule is O=C(CCC(=O)OO)OO.OC1CN(CCCOCCc2ccc3sccc3c2)C1.OC1CN(CCCOCCc2ccc3sccc3c2)C1. The molecule has 2 fully saturated rings. The molecule has 0 spiro atoms. The quantitative estimate of drug-likeness (QED) is 0.0666. The Labute approximate surface area is 300 Å². The summed E-state index contributed by atoms with van der Waals surface area (Å²) in [6.45, 7) is 8.62. The molecule has 2 saturated heterocycles. The molecule has 4 aromatic rings. The first-order valence-corrected chi connectivity index (χ1v) is 18.7. The monoisotopic (exact) mass is 732 g/mol. The van der Waals surface area contributed by atoms with Gasteiger partial charge < -0.3 is 29.5 Å². The van der Waals surface area contributed by atoms with E-state index in [1.165, 1.54) is 31.3 Å². The van der Waals surface area contributed by atoms with Crippen LogP contribution in [-0.2, 0) is 41.7 Å². The van der Waals surface area contributed by atoms with Crippen molar-refractivity contribution in [1.29, 1.82) is 0 Å². The van der Waals surface area contributed by atoms with Crippen LogP contribution in [0.25, 0.3) is 20.2 Å². The lowest BCUT2D eigenvalue weighted by Crippen LogP contribution is -2.50. The van der Waals surface area contributed by atoms with Gasteiger partial charge in [0.15, 0.2) is 0 Å². The molecule has 2 aliphatic heterocycles. The highest BCUT2D eigenvalue weighted by Crippen LogP contribution is 2.23. The normalized spacial score (nSPS) is 15.0. The van der Waals surface area contributed by atoms with Crippen LogP contribution in [0.2, 0.25) is 0 Å². The number of aliphatic hydroxyl groups is 2. The molecular weight excluding hydrogens is 685 g/mol. The Bertz CT molecular complexity index is 1450. The number of fused-ring (bicyclic) bond motifs is 2. The maximum Gasteiger partial charge on any atom is 0.342 e. The highest BCUT2D eigenvalue weighted by molar-refractivity contribution is 7.17. The van der Waals surface area contributed by atoms with E-state index in [0.29, 0.717) is 0 Å². The van der Waals surface area contributed by atoms with Gasteiger partial charge in [0.05, 0.1) is 38.3 Å². The van der Waals surface area contributed by atoms with E-state index in [9.17, 15) is 19.8 Å². The van der Waals surface area contributed by atoms with Crippen molar-refractivity contribution >= 4 is 54.8 Å². The van der Waals surface area contributed by atoms with Gasteiger partial charge in [0, 0.05) is 61.9 Å². The maximum absolute atomic E-state index is 10.1. The van der Waals surface area contributed by atoms with Crippen LogP contribution in [0.5, 0.6) is 0 Å². The average molecular weight is 733 g/mol. The molecule has 14 heteroatoms. The van der Waals surface area contributed by atoms with Crippen molar-refractivity contribution in [3.8, 4) is 0 Å². The summed E-state index contributed by atoms with van der Waals surface area (Å²) in [6.07, 6.45) is 3.23. The van der Waals surface area contributed by atoms with Crippen molar-refractivity contribution in [1.82, 2.24) is 9.80 Å². The van der Waals surface area contributed by atoms with Crippen molar-refractivity contribution in [2.45, 2.75) is 50.7 Å². The number of nitrogens with zero attached hydrogens (tertiary/aromatic N) is 2. The summed E-state index contributed by atoms with van der Waals surface area (Å²) in [5, 5.41) is 40.6. The zero-order valence-electron chi connectivity index (χ0n) is 28.2. The van der Waals surface area contributed by atoms with E-state index in [1.807, 2.05) is 0 Å². The van der Waals surface area contributed by atoms with E-state index in [-0.39, 0.29) is 25.0 Å². The fourth-order valence-electron chi connectivity index (χ4n) is 5.45. The third kappa shape index (κ3) is 14.3. The van der Waals surface area contributed by atoms with Crippen molar-refractivity contribution < 1.29 is 49.6 Å². The number of carbonyl (C=O) groups excluding carboxylic acids is 2. The minimum absolute atomic E-state index is 0.0945. The average Bonchev–Trinajstić information content (AvgIpc) is 3.78. The van der Waals surface area contributed by atoms with Gasteiger partial charge >= 0.3 is 11.9 Å². The second kappa shape index (κ2) is 22.0. The van der Waals surface area contributed by atoms with E-state index in [2.05, 4.69) is 78.9 Å². The van der Waals surface area contributed by atoms with Gasteiger partial charge in [0.2, 0.25) is 0 Å². The van der Waals surface area contributed by atoms with Crippen molar-refractivity contribution in [3.63, 3.8) is 0 Å². The first-order chi connectivity index (χ1) is 24.3. The van der Waals surface area contributed by atoms with Crippen LogP contribution in [0.1, 0.15) is 36.8 Å². The molecule has 4 N–H and O–H groups in total. The number of thiophene rings is 2. The van der Waals surface area contributed by atoms with Gasteiger partial charge in [-0.05, 0) is 82.6 Å². The summed E-state index contributed by atoms with van der Waals surface area (Å²) >= 11 is 3.58. The molecule has 2 aliphatic rings. The molecule has 0 radical (unpaired) electrons. The number of rotatable bonds is 17. The number of β-amino-alcohol motifs (C(OH)–C–C–N with tert-alkyl or cyclic N) is 2. The highest BCUT2D eigenvalue weighted by atomic mass is 32.1. The number of benzene rings is 2. The summed E-state index contributed by atoms with van der Waals surface area (Å²) in [5.41, 5.74) is 2.70. The molecule has 0 aliphatic carbocycles. The minimum atomic E-state index is -0.953. The fraction of sp³-hybridized carbons (Fsp3) is 0.500. The molecule has 0 bridgehead atoms. The molecular formula is C36H48N2O10S2. The Morgan fingerprint density at radius 1 is 0.640 bits per heavy atom. The minimum Gasteiger partial charge on any atom is -0.390 e. The van der Waals surface area contributed by atoms with Crippen LogP contribution < -0.4 is 0 Å². The molecule has 274 valence electrons. The summed E-state index contributed by atoms with van der Waals surface area (Å²) in [7, 11) is 0. The number of ether oxygens (including phenoxy) is 2. The highest BCUT2D eigenvalue weighted by Gasteiger charge is 2.23. The first-order valence-electron chi connectivity index (χ1n) is 16.9. The van der Waals surface area contributed by atoms with Gasteiger partial charge in [0.25, 0.3) is 0 Å². The summed E-state index contributed by atoms with van der Waals surface area (Å²) < 4.78 is 14.1. The van der Waals surface area contributed by atoms with Crippen molar-refractivity contribution in [2.75, 3.05) is 65.7 Å². The van der Waals surface area contributed by atoms with Crippen molar-refractivity contribution in [2.24, 2.45) is 0 Å². The smallest absolute Gasteiger partial charge is 0.342 e. The third-order valence-corrected chi connectivity index (χ3v) is 10.0. The van der Waals surface area contributed by atoms with Crippen LogP contribution in [-0.4, -0.2) is 120 Å². The molecule has 0 amide bonds. The van der Waals surface area contributed by atoms with E-state index in [0.717, 1.165) is 91.4 Å². The van der Waals surface area contributed by atoms with Gasteiger partial charge in [-0.3, -0.25) is 9.80 Å². The number of likely N-dealkylation sites (tertiary alicyclic amines) is 2. The lowest BCUT2D eigenvalue weighted by atomic mass is 10.1. The third-order valence-electron chi connectivity index (χ3n) is 8.24. The van der Waals surface area contributed by atoms with E-state index >= 15 is 0 Å². The Balaban J connectivity index is 0.000000179. The van der Waals surface area contributed by atoms with E-state index < -0.39 is 11.9 Å². The van der Waals surface area contributed by atoms with Crippen LogP contribution >= 0.6 is 22.7 Å². The predicted octanol–water partition coefficient (Wildman–Crippen LogP) is 4.85. The fourth-order valence-corrected chi connectivity index (χ4v) is 7.00. The van der Waals surface area contributed by atoms with Crippen LogP contribution in [0.4, 0.5) is 0 Å². The number of aliphatic hydroxyl groups excluding tert-OH is 2. The van der Waals surface area contributed by atoms with Gasteiger partial charge in [-0.1, -0.05) is 24.3 Å². The summed E-state index contributed by atoms with van der Waals surface area (Å²) in [6, 6.07) is 17.7. The molecule has 2 aromatic carbocycles. The predicted molar refractivity (Wildman–Crippen MR) is 193 cm³/mol. The molecule has 0 atom stereocenters. The van der Waals surface area contributed by atoms with Crippen LogP contribution in [0.3, 0.4) is 0 Å². The second-order valence-electron chi connectivity index (χ2n) is 12.3. The topological polar surface area (TPSA) is 158 Å². The van der Waals surface area contributed by atoms with E-state index in [4.69, 9.17) is 20.0 Å². The van der Waals surface area contributed by atoms with Gasteiger partial charge in [-0.15, -0.1) is 22.7 Å². The zero-order valence-corrected chi connectivity index (χ0v) is 29.8. The number of carbonyl (C=O) groups is 2. The number of hydrogen-bond donors (Lipinski definition) is 4. The molecule has 12 nitrogen and oxygen atoms in total. The Hall–Kier alpha value is -3.02. The van der Waals surface area contributed by atoms with Crippen LogP contribution in [0.15, 0.2) is 59.3 Å². The van der Waals surface area contributed by atoms with Gasteiger partial charge in [0.1, 0.15) is 0 Å². The van der Waals surface area contributed by atoms with Gasteiger partial charge in [-0.25, -0.2) is 9.59 Å². The summed E-state index contributed by atoms with van der Waals surface area (Å²) in [4.78, 5) is 31.1. The Morgan fingerprint density at radius 3 is 1.44 bits per heavy atom. The van der Waals surface area contributed by atoms with Crippen LogP contribution in [0, 0.1) is 0 Å². The number of hydrogen-bond acceptors (Lipinski definition) is 14. The summed E-state index contributed by atoms with van der Waals surface area (Å²) in [5.74, 6) is -1.91. The Kier molecular flexibility index (Phi) is 17.5. The molecule has 6 rings (SSSR count). The maximum atomic E-state index is 10.1. The standard InChI is InChI=1S/2C16H21NO2S.C4H6O6/c2*18-15-11-17(12-15)6-1-7-19-8-4-13-2-3-16-14(10-13)5-9-20-16;5-3(9-7)1-2-4(6)10-8/h2*2-3,5,9-10,15,18H,1,4,6-8,11-12H2;7-8H,1-2H2. The second-order valence-corrected chi connectivity index (χ2v) is 14.2. The Morgan fingerprint density at radius 2 is 1.06 bits per heavy atom. The molecule has 50 heavy (non-hydrogen) atoms. The van der Waals surface area contributed by atoms with Crippen molar-refractivity contribution in [3.05, 3.63) is 70.4 Å². The molecule has 4 heterocycles. The zero-order chi connectivity index (χ0) is 35.6.